The maximum atomic E-state index is 12.0. The lowest BCUT2D eigenvalue weighted by atomic mass is 10.2. The van der Waals surface area contributed by atoms with Crippen molar-refractivity contribution in [1.82, 2.24) is 15.2 Å². The summed E-state index contributed by atoms with van der Waals surface area (Å²) in [7, 11) is 0. The molecule has 0 atom stereocenters. The first-order valence-corrected chi connectivity index (χ1v) is 10.3. The number of carbonyl (C=O) groups is 1. The molecule has 28 heavy (non-hydrogen) atoms. The molecule has 1 N–H and O–H groups in total. The van der Waals surface area contributed by atoms with E-state index in [1.165, 1.54) is 0 Å². The molecule has 0 saturated carbocycles. The lowest BCUT2D eigenvalue weighted by Gasteiger charge is -2.26. The fourth-order valence-corrected chi connectivity index (χ4v) is 3.56. The first kappa shape index (κ1) is 21.1. The summed E-state index contributed by atoms with van der Waals surface area (Å²) in [5, 5.41) is 4.03. The monoisotopic (exact) mass is 425 g/mol. The van der Waals surface area contributed by atoms with Gasteiger partial charge in [0.15, 0.2) is 11.7 Å². The molecular formula is C20H25Cl2N3O3. The van der Waals surface area contributed by atoms with Gasteiger partial charge in [-0.15, -0.1) is 0 Å². The Balaban J connectivity index is 1.34. The van der Waals surface area contributed by atoms with Gasteiger partial charge in [0.05, 0.1) is 24.4 Å². The second-order valence-corrected chi connectivity index (χ2v) is 7.60. The number of halogens is 2. The SMILES string of the molecule is O=C(CCc1ncc(-c2ccc(Cl)cc2Cl)o1)NCCCCN1CCOCC1. The Labute approximate surface area is 175 Å². The van der Waals surface area contributed by atoms with E-state index in [9.17, 15) is 4.79 Å². The molecule has 1 aromatic carbocycles. The van der Waals surface area contributed by atoms with E-state index in [4.69, 9.17) is 32.4 Å². The number of morpholine rings is 1. The van der Waals surface area contributed by atoms with Crippen LogP contribution in [0, 0.1) is 0 Å². The molecule has 1 aromatic heterocycles. The minimum atomic E-state index is 0.00986. The van der Waals surface area contributed by atoms with Crippen LogP contribution in [0.15, 0.2) is 28.8 Å². The Hall–Kier alpha value is -1.60. The maximum Gasteiger partial charge on any atom is 0.220 e. The Morgan fingerprint density at radius 2 is 2.04 bits per heavy atom. The van der Waals surface area contributed by atoms with Crippen LogP contribution in [0.2, 0.25) is 10.0 Å². The average molecular weight is 426 g/mol. The van der Waals surface area contributed by atoms with E-state index in [1.54, 1.807) is 24.4 Å². The van der Waals surface area contributed by atoms with Crippen LogP contribution in [-0.4, -0.2) is 55.2 Å². The number of amides is 1. The Kier molecular flexibility index (Phi) is 8.15. The zero-order valence-electron chi connectivity index (χ0n) is 15.8. The summed E-state index contributed by atoms with van der Waals surface area (Å²) in [6.07, 6.45) is 4.46. The van der Waals surface area contributed by atoms with E-state index in [2.05, 4.69) is 15.2 Å². The number of ether oxygens (including phenoxy) is 1. The van der Waals surface area contributed by atoms with Crippen LogP contribution in [0.4, 0.5) is 0 Å². The zero-order valence-corrected chi connectivity index (χ0v) is 17.3. The molecule has 2 heterocycles. The molecule has 1 amide bonds. The number of aryl methyl sites for hydroxylation is 1. The van der Waals surface area contributed by atoms with E-state index in [0.29, 0.717) is 41.1 Å². The Morgan fingerprint density at radius 3 is 2.82 bits per heavy atom. The quantitative estimate of drug-likeness (QED) is 0.618. The summed E-state index contributed by atoms with van der Waals surface area (Å²) in [5.41, 5.74) is 0.731. The zero-order chi connectivity index (χ0) is 19.8. The van der Waals surface area contributed by atoms with Crippen LogP contribution in [0.3, 0.4) is 0 Å². The number of carbonyl (C=O) groups excluding carboxylic acids is 1. The molecule has 0 bridgehead atoms. The number of rotatable bonds is 9. The first-order valence-electron chi connectivity index (χ1n) is 9.59. The molecular weight excluding hydrogens is 401 g/mol. The van der Waals surface area contributed by atoms with E-state index in [1.807, 2.05) is 0 Å². The maximum absolute atomic E-state index is 12.0. The van der Waals surface area contributed by atoms with Crippen LogP contribution in [-0.2, 0) is 16.0 Å². The van der Waals surface area contributed by atoms with E-state index in [-0.39, 0.29) is 5.91 Å². The highest BCUT2D eigenvalue weighted by atomic mass is 35.5. The summed E-state index contributed by atoms with van der Waals surface area (Å²) in [5.74, 6) is 1.10. The molecule has 1 saturated heterocycles. The molecule has 8 heteroatoms. The molecule has 1 aliphatic heterocycles. The highest BCUT2D eigenvalue weighted by Gasteiger charge is 2.12. The summed E-state index contributed by atoms with van der Waals surface area (Å²) in [4.78, 5) is 18.6. The van der Waals surface area contributed by atoms with Crippen molar-refractivity contribution in [3.8, 4) is 11.3 Å². The van der Waals surface area contributed by atoms with Gasteiger partial charge in [-0.1, -0.05) is 23.2 Å². The second-order valence-electron chi connectivity index (χ2n) is 6.75. The van der Waals surface area contributed by atoms with Gasteiger partial charge in [-0.3, -0.25) is 9.69 Å². The van der Waals surface area contributed by atoms with Crippen molar-refractivity contribution < 1.29 is 13.9 Å². The molecule has 0 radical (unpaired) electrons. The minimum Gasteiger partial charge on any atom is -0.441 e. The third-order valence-corrected chi connectivity index (χ3v) is 5.19. The van der Waals surface area contributed by atoms with Crippen LogP contribution in [0.1, 0.15) is 25.2 Å². The van der Waals surface area contributed by atoms with Crippen molar-refractivity contribution in [3.05, 3.63) is 40.3 Å². The highest BCUT2D eigenvalue weighted by molar-refractivity contribution is 6.36. The van der Waals surface area contributed by atoms with Gasteiger partial charge in [-0.25, -0.2) is 4.98 Å². The normalized spacial score (nSPS) is 14.9. The van der Waals surface area contributed by atoms with Gasteiger partial charge >= 0.3 is 0 Å². The number of hydrogen-bond acceptors (Lipinski definition) is 5. The molecule has 1 aliphatic rings. The fraction of sp³-hybridized carbons (Fsp3) is 0.500. The van der Waals surface area contributed by atoms with Crippen molar-refractivity contribution in [1.29, 1.82) is 0 Å². The van der Waals surface area contributed by atoms with Crippen molar-refractivity contribution in [3.63, 3.8) is 0 Å². The van der Waals surface area contributed by atoms with E-state index in [0.717, 1.165) is 51.3 Å². The number of hydrogen-bond donors (Lipinski definition) is 1. The number of nitrogens with one attached hydrogen (secondary N) is 1. The minimum absolute atomic E-state index is 0.00986. The lowest BCUT2D eigenvalue weighted by Crippen LogP contribution is -2.37. The van der Waals surface area contributed by atoms with Crippen LogP contribution >= 0.6 is 23.2 Å². The molecule has 0 unspecified atom stereocenters. The third kappa shape index (κ3) is 6.48. The van der Waals surface area contributed by atoms with Crippen LogP contribution in [0.25, 0.3) is 11.3 Å². The third-order valence-electron chi connectivity index (χ3n) is 4.64. The van der Waals surface area contributed by atoms with Crippen LogP contribution in [0.5, 0.6) is 0 Å². The molecule has 3 rings (SSSR count). The highest BCUT2D eigenvalue weighted by Crippen LogP contribution is 2.30. The number of oxazole rings is 1. The topological polar surface area (TPSA) is 67.6 Å². The van der Waals surface area contributed by atoms with Gasteiger partial charge < -0.3 is 14.5 Å². The molecule has 6 nitrogen and oxygen atoms in total. The van der Waals surface area contributed by atoms with Crippen molar-refractivity contribution in [2.24, 2.45) is 0 Å². The Bertz CT molecular complexity index is 776. The van der Waals surface area contributed by atoms with Crippen molar-refractivity contribution >= 4 is 29.1 Å². The molecule has 152 valence electrons. The summed E-state index contributed by atoms with van der Waals surface area (Å²) < 4.78 is 11.1. The number of unbranched alkanes of at least 4 members (excludes halogenated alkanes) is 1. The van der Waals surface area contributed by atoms with Crippen molar-refractivity contribution in [2.45, 2.75) is 25.7 Å². The predicted molar refractivity (Wildman–Crippen MR) is 110 cm³/mol. The summed E-state index contributed by atoms with van der Waals surface area (Å²) in [6, 6.07) is 5.20. The van der Waals surface area contributed by atoms with E-state index >= 15 is 0 Å². The molecule has 1 fully saturated rings. The first-order chi connectivity index (χ1) is 13.6. The summed E-state index contributed by atoms with van der Waals surface area (Å²) >= 11 is 12.1. The van der Waals surface area contributed by atoms with Gasteiger partial charge in [0.1, 0.15) is 0 Å². The number of nitrogens with zero attached hydrogens (tertiary/aromatic N) is 2. The smallest absolute Gasteiger partial charge is 0.220 e. The number of aromatic nitrogens is 1. The van der Waals surface area contributed by atoms with Crippen molar-refractivity contribution in [2.75, 3.05) is 39.4 Å². The predicted octanol–water partition coefficient (Wildman–Crippen LogP) is 3.81. The summed E-state index contributed by atoms with van der Waals surface area (Å²) in [6.45, 7) is 5.41. The lowest BCUT2D eigenvalue weighted by molar-refractivity contribution is -0.121. The average Bonchev–Trinajstić information content (AvgIpc) is 3.15. The van der Waals surface area contributed by atoms with Gasteiger partial charge in [-0.05, 0) is 37.6 Å². The second kappa shape index (κ2) is 10.8. The largest absolute Gasteiger partial charge is 0.441 e. The van der Waals surface area contributed by atoms with Gasteiger partial charge in [0, 0.05) is 43.1 Å². The van der Waals surface area contributed by atoms with Crippen LogP contribution < -0.4 is 5.32 Å². The van der Waals surface area contributed by atoms with Gasteiger partial charge in [0.2, 0.25) is 5.91 Å². The Morgan fingerprint density at radius 1 is 1.21 bits per heavy atom. The van der Waals surface area contributed by atoms with Gasteiger partial charge in [-0.2, -0.15) is 0 Å². The number of benzene rings is 1. The molecule has 0 spiro atoms. The van der Waals surface area contributed by atoms with E-state index < -0.39 is 0 Å². The molecule has 2 aromatic rings. The fourth-order valence-electron chi connectivity index (χ4n) is 3.06. The molecule has 0 aliphatic carbocycles. The standard InChI is InChI=1S/C20H25Cl2N3O3/c21-15-3-4-16(17(22)13-15)18-14-24-20(28-18)6-5-19(26)23-7-1-2-8-25-9-11-27-12-10-25/h3-4,13-14H,1-2,5-12H2,(H,23,26). The van der Waals surface area contributed by atoms with Gasteiger partial charge in [0.25, 0.3) is 0 Å².